The van der Waals surface area contributed by atoms with Crippen molar-refractivity contribution in [2.45, 2.75) is 13.8 Å². The number of rotatable bonds is 7. The molecule has 1 aromatic heterocycles. The Morgan fingerprint density at radius 1 is 1.06 bits per heavy atom. The van der Waals surface area contributed by atoms with Gasteiger partial charge in [-0.1, -0.05) is 12.1 Å². The van der Waals surface area contributed by atoms with Gasteiger partial charge < -0.3 is 19.4 Å². The van der Waals surface area contributed by atoms with E-state index in [1.807, 2.05) is 72.2 Å². The van der Waals surface area contributed by atoms with E-state index in [-0.39, 0.29) is 10.6 Å². The average Bonchev–Trinajstić information content (AvgIpc) is 2.84. The average molecular weight is 449 g/mol. The first kappa shape index (κ1) is 22.3. The number of aromatic nitrogens is 2. The van der Waals surface area contributed by atoms with Gasteiger partial charge in [-0.15, -0.1) is 0 Å². The van der Waals surface area contributed by atoms with Crippen molar-refractivity contribution < 1.29 is 9.66 Å². The first-order chi connectivity index (χ1) is 16.0. The summed E-state index contributed by atoms with van der Waals surface area (Å²) in [6.45, 7) is 7.23. The van der Waals surface area contributed by atoms with E-state index >= 15 is 0 Å². The van der Waals surface area contributed by atoms with Crippen molar-refractivity contribution >= 4 is 28.7 Å². The summed E-state index contributed by atoms with van der Waals surface area (Å²) in [6.07, 6.45) is 1.42. The summed E-state index contributed by atoms with van der Waals surface area (Å²) >= 11 is 0. The quantitative estimate of drug-likeness (QED) is 0.393. The number of piperazine rings is 1. The van der Waals surface area contributed by atoms with Gasteiger partial charge in [0.2, 0.25) is 11.6 Å². The van der Waals surface area contributed by atoms with Crippen LogP contribution in [0.15, 0.2) is 54.9 Å². The van der Waals surface area contributed by atoms with E-state index in [0.29, 0.717) is 31.3 Å². The van der Waals surface area contributed by atoms with E-state index in [1.54, 1.807) is 7.11 Å². The Kier molecular flexibility index (Phi) is 6.58. The number of ether oxygens (including phenoxy) is 1. The molecule has 9 heteroatoms. The zero-order valence-electron chi connectivity index (χ0n) is 19.1. The smallest absolute Gasteiger partial charge is 0.353 e. The largest absolute Gasteiger partial charge is 0.497 e. The Morgan fingerprint density at radius 2 is 1.76 bits per heavy atom. The van der Waals surface area contributed by atoms with Crippen LogP contribution >= 0.6 is 0 Å². The van der Waals surface area contributed by atoms with Crippen molar-refractivity contribution in [2.75, 3.05) is 54.5 Å². The molecule has 0 aliphatic carbocycles. The molecule has 0 amide bonds. The number of hydrogen-bond acceptors (Lipinski definition) is 8. The molecule has 0 atom stereocenters. The second kappa shape index (κ2) is 9.72. The zero-order valence-corrected chi connectivity index (χ0v) is 19.1. The van der Waals surface area contributed by atoms with Gasteiger partial charge in [0.15, 0.2) is 0 Å². The van der Waals surface area contributed by atoms with Crippen LogP contribution in [0, 0.1) is 17.0 Å². The van der Waals surface area contributed by atoms with Crippen molar-refractivity contribution in [3.05, 3.63) is 70.5 Å². The third kappa shape index (κ3) is 4.67. The van der Waals surface area contributed by atoms with Gasteiger partial charge in [-0.05, 0) is 55.8 Å². The van der Waals surface area contributed by atoms with Crippen molar-refractivity contribution in [3.63, 3.8) is 0 Å². The Labute approximate surface area is 193 Å². The number of benzene rings is 2. The summed E-state index contributed by atoms with van der Waals surface area (Å²) in [5.41, 5.74) is 3.00. The summed E-state index contributed by atoms with van der Waals surface area (Å²) in [7, 11) is 1.65. The van der Waals surface area contributed by atoms with Crippen LogP contribution in [-0.2, 0) is 0 Å². The molecular weight excluding hydrogens is 420 g/mol. The highest BCUT2D eigenvalue weighted by Crippen LogP contribution is 2.38. The molecule has 1 aliphatic rings. The second-order valence-electron chi connectivity index (χ2n) is 7.88. The molecule has 4 rings (SSSR count). The van der Waals surface area contributed by atoms with Gasteiger partial charge in [0.1, 0.15) is 12.1 Å². The van der Waals surface area contributed by atoms with Crippen molar-refractivity contribution in [3.8, 4) is 5.75 Å². The van der Waals surface area contributed by atoms with Gasteiger partial charge in [-0.2, -0.15) is 0 Å². The van der Waals surface area contributed by atoms with E-state index in [9.17, 15) is 10.1 Å². The van der Waals surface area contributed by atoms with Crippen LogP contribution in [-0.4, -0.2) is 54.7 Å². The summed E-state index contributed by atoms with van der Waals surface area (Å²) in [5, 5.41) is 12.2. The molecule has 3 aromatic rings. The molecule has 0 spiro atoms. The minimum Gasteiger partial charge on any atom is -0.497 e. The predicted molar refractivity (Wildman–Crippen MR) is 130 cm³/mol. The van der Waals surface area contributed by atoms with Crippen LogP contribution < -0.4 is 19.4 Å². The maximum absolute atomic E-state index is 12.2. The number of methoxy groups -OCH3 is 1. The minimum absolute atomic E-state index is 0.0567. The van der Waals surface area contributed by atoms with Gasteiger partial charge in [-0.25, -0.2) is 9.97 Å². The second-order valence-corrected chi connectivity index (χ2v) is 7.88. The molecule has 172 valence electrons. The lowest BCUT2D eigenvalue weighted by atomic mass is 10.2. The normalized spacial score (nSPS) is 13.7. The van der Waals surface area contributed by atoms with E-state index < -0.39 is 0 Å². The molecule has 2 heterocycles. The Morgan fingerprint density at radius 3 is 2.36 bits per heavy atom. The molecule has 1 aliphatic heterocycles. The number of hydrogen-bond donors (Lipinski definition) is 0. The highest BCUT2D eigenvalue weighted by atomic mass is 16.6. The van der Waals surface area contributed by atoms with Crippen molar-refractivity contribution in [1.29, 1.82) is 0 Å². The van der Waals surface area contributed by atoms with Crippen LogP contribution in [0.1, 0.15) is 12.5 Å². The molecule has 1 fully saturated rings. The molecular formula is C24H28N6O3. The van der Waals surface area contributed by atoms with Crippen LogP contribution in [0.3, 0.4) is 0 Å². The van der Waals surface area contributed by atoms with Crippen LogP contribution in [0.25, 0.3) is 0 Å². The molecule has 0 bridgehead atoms. The van der Waals surface area contributed by atoms with Gasteiger partial charge in [0, 0.05) is 44.1 Å². The number of anilines is 4. The first-order valence-corrected chi connectivity index (χ1v) is 11.0. The third-order valence-electron chi connectivity index (χ3n) is 5.87. The van der Waals surface area contributed by atoms with Crippen molar-refractivity contribution in [1.82, 2.24) is 9.97 Å². The number of nitrogens with zero attached hydrogens (tertiary/aromatic N) is 6. The fourth-order valence-electron chi connectivity index (χ4n) is 4.17. The lowest BCUT2D eigenvalue weighted by molar-refractivity contribution is -0.383. The van der Waals surface area contributed by atoms with E-state index in [4.69, 9.17) is 4.74 Å². The van der Waals surface area contributed by atoms with E-state index in [0.717, 1.165) is 35.8 Å². The van der Waals surface area contributed by atoms with Gasteiger partial charge in [-0.3, -0.25) is 10.1 Å². The van der Waals surface area contributed by atoms with Crippen LogP contribution in [0.4, 0.5) is 28.7 Å². The highest BCUT2D eigenvalue weighted by molar-refractivity contribution is 5.76. The molecule has 33 heavy (non-hydrogen) atoms. The maximum Gasteiger partial charge on any atom is 0.353 e. The van der Waals surface area contributed by atoms with E-state index in [1.165, 1.54) is 6.33 Å². The Balaban J connectivity index is 1.60. The summed E-state index contributed by atoms with van der Waals surface area (Å²) in [4.78, 5) is 26.6. The standard InChI is InChI=1S/C24H28N6O3/c1-4-29(20-7-5-6-18(2)16-20)24-22(30(31)32)23(25-17-26-24)28-14-12-27(13-15-28)19-8-10-21(33-3)11-9-19/h5-11,16-17H,4,12-15H2,1-3H3. The SMILES string of the molecule is CCN(c1cccc(C)c1)c1ncnc(N2CCN(c3ccc(OC)cc3)CC2)c1[N+](=O)[O-]. The molecule has 0 saturated carbocycles. The van der Waals surface area contributed by atoms with Gasteiger partial charge >= 0.3 is 5.69 Å². The Bertz CT molecular complexity index is 1110. The molecule has 0 unspecified atom stereocenters. The van der Waals surface area contributed by atoms with Crippen molar-refractivity contribution in [2.24, 2.45) is 0 Å². The fraction of sp³-hybridized carbons (Fsp3) is 0.333. The lowest BCUT2D eigenvalue weighted by Crippen LogP contribution is -2.47. The third-order valence-corrected chi connectivity index (χ3v) is 5.87. The first-order valence-electron chi connectivity index (χ1n) is 11.0. The fourth-order valence-corrected chi connectivity index (χ4v) is 4.17. The monoisotopic (exact) mass is 448 g/mol. The molecule has 0 radical (unpaired) electrons. The highest BCUT2D eigenvalue weighted by Gasteiger charge is 2.32. The predicted octanol–water partition coefficient (Wildman–Crippen LogP) is 4.19. The number of aryl methyl sites for hydroxylation is 1. The van der Waals surface area contributed by atoms with Gasteiger partial charge in [0.05, 0.1) is 12.0 Å². The maximum atomic E-state index is 12.2. The van der Waals surface area contributed by atoms with Crippen LogP contribution in [0.2, 0.25) is 0 Å². The van der Waals surface area contributed by atoms with Gasteiger partial charge in [0.25, 0.3) is 0 Å². The zero-order chi connectivity index (χ0) is 23.4. The van der Waals surface area contributed by atoms with E-state index in [2.05, 4.69) is 14.9 Å². The summed E-state index contributed by atoms with van der Waals surface area (Å²) in [6, 6.07) is 15.8. The number of nitro groups is 1. The molecule has 9 nitrogen and oxygen atoms in total. The molecule has 0 N–H and O–H groups in total. The Hall–Kier alpha value is -3.88. The topological polar surface area (TPSA) is 87.9 Å². The summed E-state index contributed by atoms with van der Waals surface area (Å²) in [5.74, 6) is 1.50. The molecule has 1 saturated heterocycles. The minimum atomic E-state index is -0.362. The molecule has 2 aromatic carbocycles. The lowest BCUT2D eigenvalue weighted by Gasteiger charge is -2.36. The van der Waals surface area contributed by atoms with Crippen LogP contribution in [0.5, 0.6) is 5.75 Å². The summed E-state index contributed by atoms with van der Waals surface area (Å²) < 4.78 is 5.24.